The molecule has 1 aromatic rings. The van der Waals surface area contributed by atoms with Gasteiger partial charge in [0.2, 0.25) is 5.91 Å². The summed E-state index contributed by atoms with van der Waals surface area (Å²) in [6, 6.07) is 7.71. The Kier molecular flexibility index (Phi) is 3.70. The van der Waals surface area contributed by atoms with Crippen molar-refractivity contribution in [3.8, 4) is 11.8 Å². The van der Waals surface area contributed by atoms with Crippen LogP contribution in [0.3, 0.4) is 0 Å². The fourth-order valence-electron chi connectivity index (χ4n) is 1.07. The number of benzene rings is 1. The summed E-state index contributed by atoms with van der Waals surface area (Å²) in [6.45, 7) is 5.80. The Morgan fingerprint density at radius 2 is 2.00 bits per heavy atom. The normalized spacial score (nSPS) is 8.87. The lowest BCUT2D eigenvalue weighted by Crippen LogP contribution is -2.08. The summed E-state index contributed by atoms with van der Waals surface area (Å²) < 4.78 is 0. The Balaban J connectivity index is 2.75. The van der Waals surface area contributed by atoms with Crippen molar-refractivity contribution in [2.75, 3.05) is 0 Å². The van der Waals surface area contributed by atoms with Gasteiger partial charge < -0.3 is 5.73 Å². The Morgan fingerprint density at radius 3 is 2.47 bits per heavy atom. The van der Waals surface area contributed by atoms with Crippen molar-refractivity contribution in [3.05, 3.63) is 42.0 Å². The molecule has 2 N–H and O–H groups in total. The summed E-state index contributed by atoms with van der Waals surface area (Å²) in [5.41, 5.74) is 7.96. The molecule has 1 aromatic carbocycles. The number of amides is 1. The molecule has 0 aromatic heterocycles. The molecule has 0 aliphatic rings. The molecule has 0 spiro atoms. The average Bonchev–Trinajstić information content (AvgIpc) is 2.18. The van der Waals surface area contributed by atoms with E-state index in [1.54, 1.807) is 0 Å². The van der Waals surface area contributed by atoms with Gasteiger partial charge in [0.25, 0.3) is 0 Å². The number of rotatable bonds is 2. The van der Waals surface area contributed by atoms with E-state index in [0.29, 0.717) is 0 Å². The van der Waals surface area contributed by atoms with Gasteiger partial charge in [0.15, 0.2) is 0 Å². The van der Waals surface area contributed by atoms with Crippen LogP contribution in [0, 0.1) is 11.8 Å². The Bertz CT molecular complexity index is 432. The number of hydrogen-bond donors (Lipinski definition) is 1. The lowest BCUT2D eigenvalue weighted by atomic mass is 10.1. The lowest BCUT2D eigenvalue weighted by Gasteiger charge is -1.98. The van der Waals surface area contributed by atoms with E-state index in [4.69, 9.17) is 5.73 Å². The third kappa shape index (κ3) is 3.70. The first kappa shape index (κ1) is 11.1. The van der Waals surface area contributed by atoms with Crippen LogP contribution in [-0.4, -0.2) is 5.91 Å². The number of carbonyl (C=O) groups excluding carboxylic acids is 1. The van der Waals surface area contributed by atoms with Gasteiger partial charge in [-0.05, 0) is 24.6 Å². The molecule has 0 radical (unpaired) electrons. The molecule has 0 aliphatic carbocycles. The minimum atomic E-state index is -0.402. The first-order valence-electron chi connectivity index (χ1n) is 4.62. The van der Waals surface area contributed by atoms with Crippen LogP contribution in [0.2, 0.25) is 0 Å². The van der Waals surface area contributed by atoms with Crippen molar-refractivity contribution in [2.24, 2.45) is 5.73 Å². The highest BCUT2D eigenvalue weighted by molar-refractivity contribution is 5.76. The standard InChI is InChI=1S/C13H13NO/c1-10(2)12-8-6-11(7-9-12)4-3-5-13(14)15/h6-9H,1,5H2,2H3,(H2,14,15). The van der Waals surface area contributed by atoms with Crippen LogP contribution in [0.4, 0.5) is 0 Å². The summed E-state index contributed by atoms with van der Waals surface area (Å²) >= 11 is 0. The summed E-state index contributed by atoms with van der Waals surface area (Å²) in [5.74, 6) is 5.16. The molecule has 0 atom stereocenters. The summed E-state index contributed by atoms with van der Waals surface area (Å²) in [6.07, 6.45) is 0.0994. The molecule has 0 saturated heterocycles. The first-order valence-corrected chi connectivity index (χ1v) is 4.62. The van der Waals surface area contributed by atoms with E-state index in [1.165, 1.54) is 0 Å². The van der Waals surface area contributed by atoms with Crippen LogP contribution in [-0.2, 0) is 4.79 Å². The second-order valence-corrected chi connectivity index (χ2v) is 3.30. The van der Waals surface area contributed by atoms with Crippen LogP contribution in [0.15, 0.2) is 30.8 Å². The molecule has 1 amide bonds. The van der Waals surface area contributed by atoms with Crippen molar-refractivity contribution in [1.82, 2.24) is 0 Å². The van der Waals surface area contributed by atoms with Crippen molar-refractivity contribution in [3.63, 3.8) is 0 Å². The molecule has 0 saturated carbocycles. The topological polar surface area (TPSA) is 43.1 Å². The van der Waals surface area contributed by atoms with Gasteiger partial charge in [-0.25, -0.2) is 0 Å². The third-order valence-corrected chi connectivity index (χ3v) is 1.87. The number of carbonyl (C=O) groups is 1. The molecule has 1 rings (SSSR count). The fourth-order valence-corrected chi connectivity index (χ4v) is 1.07. The van der Waals surface area contributed by atoms with Crippen LogP contribution >= 0.6 is 0 Å². The van der Waals surface area contributed by atoms with Crippen LogP contribution < -0.4 is 5.73 Å². The predicted molar refractivity (Wildman–Crippen MR) is 61.8 cm³/mol. The number of nitrogens with two attached hydrogens (primary N) is 1. The molecule has 15 heavy (non-hydrogen) atoms. The SMILES string of the molecule is C=C(C)c1ccc(C#CCC(N)=O)cc1. The number of hydrogen-bond acceptors (Lipinski definition) is 1. The summed E-state index contributed by atoms with van der Waals surface area (Å²) in [4.78, 5) is 10.4. The second kappa shape index (κ2) is 5.02. The van der Waals surface area contributed by atoms with Crippen molar-refractivity contribution >= 4 is 11.5 Å². The Morgan fingerprint density at radius 1 is 1.40 bits per heavy atom. The largest absolute Gasteiger partial charge is 0.369 e. The monoisotopic (exact) mass is 199 g/mol. The first-order chi connectivity index (χ1) is 7.09. The zero-order chi connectivity index (χ0) is 11.3. The van der Waals surface area contributed by atoms with Gasteiger partial charge in [0, 0.05) is 5.56 Å². The van der Waals surface area contributed by atoms with E-state index in [1.807, 2.05) is 31.2 Å². The molecular weight excluding hydrogens is 186 g/mol. The van der Waals surface area contributed by atoms with Gasteiger partial charge >= 0.3 is 0 Å². The molecule has 0 bridgehead atoms. The van der Waals surface area contributed by atoms with Gasteiger partial charge in [-0.2, -0.15) is 0 Å². The van der Waals surface area contributed by atoms with Crippen molar-refractivity contribution in [1.29, 1.82) is 0 Å². The zero-order valence-electron chi connectivity index (χ0n) is 8.71. The highest BCUT2D eigenvalue weighted by atomic mass is 16.1. The quantitative estimate of drug-likeness (QED) is 0.727. The minimum Gasteiger partial charge on any atom is -0.369 e. The van der Waals surface area contributed by atoms with Crippen LogP contribution in [0.1, 0.15) is 24.5 Å². The fraction of sp³-hybridized carbons (Fsp3) is 0.154. The summed E-state index contributed by atoms with van der Waals surface area (Å²) in [7, 11) is 0. The summed E-state index contributed by atoms with van der Waals surface area (Å²) in [5, 5.41) is 0. The molecular formula is C13H13NO. The maximum atomic E-state index is 10.4. The predicted octanol–water partition coefficient (Wildman–Crippen LogP) is 1.95. The van der Waals surface area contributed by atoms with Crippen LogP contribution in [0.25, 0.3) is 5.57 Å². The van der Waals surface area contributed by atoms with E-state index < -0.39 is 5.91 Å². The van der Waals surface area contributed by atoms with E-state index in [-0.39, 0.29) is 6.42 Å². The molecule has 2 nitrogen and oxygen atoms in total. The van der Waals surface area contributed by atoms with E-state index >= 15 is 0 Å². The van der Waals surface area contributed by atoms with Crippen molar-refractivity contribution < 1.29 is 4.79 Å². The van der Waals surface area contributed by atoms with Gasteiger partial charge in [0.1, 0.15) is 0 Å². The Hall–Kier alpha value is -2.01. The second-order valence-electron chi connectivity index (χ2n) is 3.30. The molecule has 0 fully saturated rings. The molecule has 76 valence electrons. The van der Waals surface area contributed by atoms with Crippen molar-refractivity contribution in [2.45, 2.75) is 13.3 Å². The van der Waals surface area contributed by atoms with E-state index in [0.717, 1.165) is 16.7 Å². The Labute approximate surface area is 89.8 Å². The maximum Gasteiger partial charge on any atom is 0.229 e. The van der Waals surface area contributed by atoms with E-state index in [2.05, 4.69) is 18.4 Å². The van der Waals surface area contributed by atoms with Gasteiger partial charge in [-0.15, -0.1) is 0 Å². The number of primary amides is 1. The highest BCUT2D eigenvalue weighted by Gasteiger charge is 1.92. The van der Waals surface area contributed by atoms with Gasteiger partial charge in [-0.3, -0.25) is 4.79 Å². The number of allylic oxidation sites excluding steroid dienone is 1. The minimum absolute atomic E-state index is 0.0994. The lowest BCUT2D eigenvalue weighted by molar-refractivity contribution is -0.117. The van der Waals surface area contributed by atoms with Crippen LogP contribution in [0.5, 0.6) is 0 Å². The zero-order valence-corrected chi connectivity index (χ0v) is 8.71. The smallest absolute Gasteiger partial charge is 0.229 e. The van der Waals surface area contributed by atoms with Gasteiger partial charge in [-0.1, -0.05) is 36.1 Å². The highest BCUT2D eigenvalue weighted by Crippen LogP contribution is 2.11. The van der Waals surface area contributed by atoms with E-state index in [9.17, 15) is 4.79 Å². The maximum absolute atomic E-state index is 10.4. The van der Waals surface area contributed by atoms with Gasteiger partial charge in [0.05, 0.1) is 6.42 Å². The molecule has 2 heteroatoms. The third-order valence-electron chi connectivity index (χ3n) is 1.87. The molecule has 0 heterocycles. The average molecular weight is 199 g/mol. The molecule has 0 unspecified atom stereocenters. The molecule has 0 aliphatic heterocycles.